The van der Waals surface area contributed by atoms with E-state index < -0.39 is 0 Å². The summed E-state index contributed by atoms with van der Waals surface area (Å²) in [5, 5.41) is 1.87. The van der Waals surface area contributed by atoms with Crippen LogP contribution in [0.2, 0.25) is 5.02 Å². The summed E-state index contributed by atoms with van der Waals surface area (Å²) in [4.78, 5) is 36.0. The van der Waals surface area contributed by atoms with Crippen LogP contribution >= 0.6 is 11.6 Å². The maximum atomic E-state index is 13.3. The van der Waals surface area contributed by atoms with Crippen LogP contribution in [0, 0.1) is 5.92 Å². The first-order chi connectivity index (χ1) is 17.9. The minimum absolute atomic E-state index is 0.0424. The van der Waals surface area contributed by atoms with Gasteiger partial charge < -0.3 is 9.80 Å². The second-order valence-electron chi connectivity index (χ2n) is 10.5. The predicted octanol–water partition coefficient (Wildman–Crippen LogP) is 5.16. The van der Waals surface area contributed by atoms with E-state index in [1.165, 1.54) is 11.1 Å². The molecule has 7 heteroatoms. The topological polar surface area (TPSA) is 56.8 Å². The number of pyridine rings is 1. The van der Waals surface area contributed by atoms with E-state index in [4.69, 9.17) is 11.6 Å². The molecule has 6 nitrogen and oxygen atoms in total. The Bertz CT molecular complexity index is 1250. The Balaban J connectivity index is 1.33. The molecule has 1 aromatic heterocycles. The summed E-state index contributed by atoms with van der Waals surface area (Å²) in [6.45, 7) is 7.60. The van der Waals surface area contributed by atoms with Crippen molar-refractivity contribution < 1.29 is 9.59 Å². The number of carbonyl (C=O) groups is 2. The van der Waals surface area contributed by atoms with Gasteiger partial charge in [-0.1, -0.05) is 41.9 Å². The number of fused-ring (bicyclic) bond motifs is 1. The lowest BCUT2D eigenvalue weighted by Crippen LogP contribution is -2.55. The maximum Gasteiger partial charge on any atom is 0.223 e. The average molecular weight is 519 g/mol. The minimum Gasteiger partial charge on any atom is -0.343 e. The van der Waals surface area contributed by atoms with Crippen LogP contribution in [0.1, 0.15) is 50.3 Å². The van der Waals surface area contributed by atoms with Crippen molar-refractivity contribution in [3.63, 3.8) is 0 Å². The molecule has 3 heterocycles. The Labute approximate surface area is 224 Å². The Morgan fingerprint density at radius 1 is 1.00 bits per heavy atom. The van der Waals surface area contributed by atoms with Crippen LogP contribution in [0.25, 0.3) is 10.9 Å². The fraction of sp³-hybridized carbons (Fsp3) is 0.433. The third kappa shape index (κ3) is 5.65. The molecule has 2 atom stereocenters. The van der Waals surface area contributed by atoms with Crippen molar-refractivity contribution in [2.45, 2.75) is 45.2 Å². The number of nitrogens with zero attached hydrogens (tertiary/aromatic N) is 4. The number of hydrogen-bond acceptors (Lipinski definition) is 4. The molecule has 194 valence electrons. The number of likely N-dealkylation sites (tertiary alicyclic amines) is 1. The molecule has 2 aromatic carbocycles. The summed E-state index contributed by atoms with van der Waals surface area (Å²) in [6.07, 6.45) is 4.23. The van der Waals surface area contributed by atoms with E-state index >= 15 is 0 Å². The zero-order chi connectivity index (χ0) is 25.9. The Hall–Kier alpha value is -2.96. The van der Waals surface area contributed by atoms with Gasteiger partial charge in [0.2, 0.25) is 11.8 Å². The minimum atomic E-state index is 0.0424. The average Bonchev–Trinajstić information content (AvgIpc) is 2.90. The van der Waals surface area contributed by atoms with Crippen LogP contribution in [0.3, 0.4) is 0 Å². The van der Waals surface area contributed by atoms with E-state index in [1.807, 2.05) is 29.3 Å². The van der Waals surface area contributed by atoms with Gasteiger partial charge in [0.05, 0.1) is 11.6 Å². The molecule has 2 saturated heterocycles. The molecule has 0 bridgehead atoms. The highest BCUT2D eigenvalue weighted by atomic mass is 35.5. The van der Waals surface area contributed by atoms with Gasteiger partial charge in [0.15, 0.2) is 0 Å². The van der Waals surface area contributed by atoms with E-state index in [2.05, 4.69) is 58.1 Å². The van der Waals surface area contributed by atoms with E-state index in [-0.39, 0.29) is 23.9 Å². The summed E-state index contributed by atoms with van der Waals surface area (Å²) in [5.74, 6) is 0.732. The van der Waals surface area contributed by atoms with Gasteiger partial charge in [-0.05, 0) is 61.1 Å². The van der Waals surface area contributed by atoms with Gasteiger partial charge in [-0.15, -0.1) is 0 Å². The van der Waals surface area contributed by atoms with Crippen molar-refractivity contribution in [1.82, 2.24) is 19.7 Å². The molecule has 2 fully saturated rings. The molecular formula is C30H35ClN4O2. The largest absolute Gasteiger partial charge is 0.343 e. The van der Waals surface area contributed by atoms with Crippen LogP contribution in [-0.2, 0) is 9.59 Å². The normalized spacial score (nSPS) is 20.2. The summed E-state index contributed by atoms with van der Waals surface area (Å²) < 4.78 is 0. The van der Waals surface area contributed by atoms with E-state index in [1.54, 1.807) is 6.92 Å². The van der Waals surface area contributed by atoms with Crippen LogP contribution in [0.15, 0.2) is 60.8 Å². The van der Waals surface area contributed by atoms with Crippen molar-refractivity contribution in [1.29, 1.82) is 0 Å². The molecule has 0 N–H and O–H groups in total. The number of aromatic nitrogens is 1. The second kappa shape index (κ2) is 11.2. The third-order valence-corrected chi connectivity index (χ3v) is 8.28. The van der Waals surface area contributed by atoms with Gasteiger partial charge in [0.1, 0.15) is 0 Å². The second-order valence-corrected chi connectivity index (χ2v) is 10.9. The summed E-state index contributed by atoms with van der Waals surface area (Å²) in [7, 11) is 0. The molecule has 2 amide bonds. The SMILES string of the molecule is CC(=O)N1CCC(CC(=O)N2CCN(C(c3ccc(Cl)cc3)c3cccc4ncccc34)CC2C)CC1. The van der Waals surface area contributed by atoms with Crippen molar-refractivity contribution in [2.24, 2.45) is 5.92 Å². The zero-order valence-corrected chi connectivity index (χ0v) is 22.4. The molecule has 2 aliphatic rings. The predicted molar refractivity (Wildman–Crippen MR) is 147 cm³/mol. The highest BCUT2D eigenvalue weighted by Gasteiger charge is 2.34. The molecule has 0 saturated carbocycles. The number of halogens is 1. The number of piperidine rings is 1. The lowest BCUT2D eigenvalue weighted by molar-refractivity contribution is -0.137. The molecular weight excluding hydrogens is 484 g/mol. The molecule has 0 spiro atoms. The zero-order valence-electron chi connectivity index (χ0n) is 21.6. The van der Waals surface area contributed by atoms with Gasteiger partial charge in [0, 0.05) is 68.7 Å². The van der Waals surface area contributed by atoms with Crippen molar-refractivity contribution in [3.05, 3.63) is 76.9 Å². The maximum absolute atomic E-state index is 13.3. The Morgan fingerprint density at radius 2 is 1.76 bits per heavy atom. The Kier molecular flexibility index (Phi) is 7.77. The smallest absolute Gasteiger partial charge is 0.223 e. The molecule has 2 aliphatic heterocycles. The molecule has 37 heavy (non-hydrogen) atoms. The van der Waals surface area contributed by atoms with Gasteiger partial charge in [-0.3, -0.25) is 19.5 Å². The third-order valence-electron chi connectivity index (χ3n) is 8.03. The van der Waals surface area contributed by atoms with Gasteiger partial charge in [-0.2, -0.15) is 0 Å². The monoisotopic (exact) mass is 518 g/mol. The van der Waals surface area contributed by atoms with Gasteiger partial charge in [0.25, 0.3) is 0 Å². The van der Waals surface area contributed by atoms with Crippen LogP contribution < -0.4 is 0 Å². The number of piperazine rings is 1. The van der Waals surface area contributed by atoms with E-state index in [0.717, 1.165) is 54.9 Å². The molecule has 0 aliphatic carbocycles. The standard InChI is InChI=1S/C30H35ClN4O2/c1-21-20-34(17-18-35(21)29(37)19-23-12-15-33(16-13-23)22(2)36)30(24-8-10-25(31)11-9-24)27-5-3-7-28-26(27)6-4-14-32-28/h3-11,14,21,23,30H,12-13,15-20H2,1-2H3. The first-order valence-corrected chi connectivity index (χ1v) is 13.7. The van der Waals surface area contributed by atoms with Crippen LogP contribution in [0.4, 0.5) is 0 Å². The lowest BCUT2D eigenvalue weighted by Gasteiger charge is -2.44. The first-order valence-electron chi connectivity index (χ1n) is 13.3. The number of rotatable bonds is 5. The number of benzene rings is 2. The van der Waals surface area contributed by atoms with Crippen molar-refractivity contribution in [2.75, 3.05) is 32.7 Å². The molecule has 0 radical (unpaired) electrons. The number of carbonyl (C=O) groups excluding carboxylic acids is 2. The molecule has 5 rings (SSSR count). The van der Waals surface area contributed by atoms with Crippen LogP contribution in [-0.4, -0.2) is 70.3 Å². The van der Waals surface area contributed by atoms with Gasteiger partial charge in [-0.25, -0.2) is 0 Å². The quantitative estimate of drug-likeness (QED) is 0.468. The molecule has 2 unspecified atom stereocenters. The highest BCUT2D eigenvalue weighted by Crippen LogP contribution is 2.35. The fourth-order valence-electron chi connectivity index (χ4n) is 6.00. The fourth-order valence-corrected chi connectivity index (χ4v) is 6.13. The van der Waals surface area contributed by atoms with Crippen molar-refractivity contribution in [3.8, 4) is 0 Å². The number of amides is 2. The first kappa shape index (κ1) is 25.7. The van der Waals surface area contributed by atoms with Gasteiger partial charge >= 0.3 is 0 Å². The summed E-state index contributed by atoms with van der Waals surface area (Å²) in [5.41, 5.74) is 3.39. The summed E-state index contributed by atoms with van der Waals surface area (Å²) >= 11 is 6.24. The summed E-state index contributed by atoms with van der Waals surface area (Å²) in [6, 6.07) is 18.7. The van der Waals surface area contributed by atoms with E-state index in [0.29, 0.717) is 18.9 Å². The number of hydrogen-bond donors (Lipinski definition) is 0. The molecule has 3 aromatic rings. The van der Waals surface area contributed by atoms with Crippen molar-refractivity contribution >= 4 is 34.3 Å². The highest BCUT2D eigenvalue weighted by molar-refractivity contribution is 6.30. The van der Waals surface area contributed by atoms with E-state index in [9.17, 15) is 9.59 Å². The Morgan fingerprint density at radius 3 is 2.46 bits per heavy atom. The van der Waals surface area contributed by atoms with Crippen LogP contribution in [0.5, 0.6) is 0 Å². The lowest BCUT2D eigenvalue weighted by atomic mass is 9.91.